The van der Waals surface area contributed by atoms with E-state index in [0.29, 0.717) is 36.1 Å². The highest BCUT2D eigenvalue weighted by Gasteiger charge is 2.42. The van der Waals surface area contributed by atoms with Crippen molar-refractivity contribution in [1.29, 1.82) is 0 Å². The van der Waals surface area contributed by atoms with Crippen molar-refractivity contribution in [3.8, 4) is 0 Å². The average Bonchev–Trinajstić information content (AvgIpc) is 2.95. The summed E-state index contributed by atoms with van der Waals surface area (Å²) in [5.41, 5.74) is 1.56. The van der Waals surface area contributed by atoms with E-state index in [2.05, 4.69) is 15.9 Å². The highest BCUT2D eigenvalue weighted by molar-refractivity contribution is 9.10. The third-order valence-corrected chi connectivity index (χ3v) is 5.28. The van der Waals surface area contributed by atoms with E-state index in [9.17, 15) is 9.59 Å². The molecule has 6 heteroatoms. The fourth-order valence-electron chi connectivity index (χ4n) is 3.60. The molecule has 0 saturated heterocycles. The molecule has 2 aromatic carbocycles. The number of hydrogen-bond acceptors (Lipinski definition) is 4. The summed E-state index contributed by atoms with van der Waals surface area (Å²) in [5.74, 6) is -0.116. The second-order valence-corrected chi connectivity index (χ2v) is 7.39. The first-order valence-electron chi connectivity index (χ1n) is 8.73. The summed E-state index contributed by atoms with van der Waals surface area (Å²) in [6.07, 6.45) is 0.675. The van der Waals surface area contributed by atoms with E-state index in [1.54, 1.807) is 36.3 Å². The van der Waals surface area contributed by atoms with Crippen LogP contribution >= 0.6 is 15.9 Å². The SMILES string of the molecule is COCCCN1C(=O)c2oc3ccccc3c(=O)c2[C@H]1c1cccc(Br)c1. The maximum absolute atomic E-state index is 13.2. The van der Waals surface area contributed by atoms with Crippen LogP contribution in [0.5, 0.6) is 0 Å². The molecule has 1 amide bonds. The van der Waals surface area contributed by atoms with Crippen LogP contribution in [-0.2, 0) is 4.74 Å². The van der Waals surface area contributed by atoms with Gasteiger partial charge in [-0.2, -0.15) is 0 Å². The van der Waals surface area contributed by atoms with Crippen molar-refractivity contribution in [2.24, 2.45) is 0 Å². The van der Waals surface area contributed by atoms with Crippen molar-refractivity contribution < 1.29 is 13.9 Å². The highest BCUT2D eigenvalue weighted by atomic mass is 79.9. The van der Waals surface area contributed by atoms with E-state index in [-0.39, 0.29) is 17.1 Å². The zero-order valence-electron chi connectivity index (χ0n) is 14.8. The molecule has 0 aliphatic carbocycles. The summed E-state index contributed by atoms with van der Waals surface area (Å²) >= 11 is 3.48. The number of fused-ring (bicyclic) bond motifs is 2. The molecule has 0 radical (unpaired) electrons. The molecule has 1 aliphatic heterocycles. The molecule has 1 atom stereocenters. The number of para-hydroxylation sites is 1. The van der Waals surface area contributed by atoms with Crippen LogP contribution in [-0.4, -0.2) is 31.1 Å². The number of carbonyl (C=O) groups excluding carboxylic acids is 1. The fourth-order valence-corrected chi connectivity index (χ4v) is 4.02. The summed E-state index contributed by atoms with van der Waals surface area (Å²) in [4.78, 5) is 28.0. The zero-order chi connectivity index (χ0) is 19.0. The molecule has 0 fully saturated rings. The Morgan fingerprint density at radius 3 is 2.74 bits per heavy atom. The molecule has 1 aliphatic rings. The molecular formula is C21H18BrNO4. The van der Waals surface area contributed by atoms with E-state index in [1.807, 2.05) is 24.3 Å². The molecule has 0 unspecified atom stereocenters. The molecule has 1 aromatic heterocycles. The Morgan fingerprint density at radius 2 is 1.96 bits per heavy atom. The van der Waals surface area contributed by atoms with Crippen LogP contribution in [0.15, 0.2) is 62.2 Å². The van der Waals surface area contributed by atoms with Gasteiger partial charge in [-0.15, -0.1) is 0 Å². The second kappa shape index (κ2) is 7.29. The summed E-state index contributed by atoms with van der Waals surface area (Å²) in [6.45, 7) is 1.01. The number of nitrogens with zero attached hydrogens (tertiary/aromatic N) is 1. The van der Waals surface area contributed by atoms with Crippen LogP contribution in [0, 0.1) is 0 Å². The zero-order valence-corrected chi connectivity index (χ0v) is 16.4. The number of benzene rings is 2. The Bertz CT molecular complexity index is 1080. The summed E-state index contributed by atoms with van der Waals surface area (Å²) in [7, 11) is 1.63. The van der Waals surface area contributed by atoms with E-state index in [4.69, 9.17) is 9.15 Å². The minimum absolute atomic E-state index is 0.140. The largest absolute Gasteiger partial charge is 0.450 e. The van der Waals surface area contributed by atoms with Gasteiger partial charge >= 0.3 is 0 Å². The number of ether oxygens (including phenoxy) is 1. The minimum Gasteiger partial charge on any atom is -0.450 e. The lowest BCUT2D eigenvalue weighted by Crippen LogP contribution is -2.31. The maximum Gasteiger partial charge on any atom is 0.290 e. The molecular weight excluding hydrogens is 410 g/mol. The highest BCUT2D eigenvalue weighted by Crippen LogP contribution is 2.38. The quantitative estimate of drug-likeness (QED) is 0.574. The van der Waals surface area contributed by atoms with Gasteiger partial charge in [0.1, 0.15) is 5.58 Å². The molecule has 4 rings (SSSR count). The van der Waals surface area contributed by atoms with Crippen LogP contribution < -0.4 is 5.43 Å². The van der Waals surface area contributed by atoms with Crippen LogP contribution in [0.25, 0.3) is 11.0 Å². The Morgan fingerprint density at radius 1 is 1.15 bits per heavy atom. The van der Waals surface area contributed by atoms with E-state index in [0.717, 1.165) is 10.0 Å². The molecule has 3 aromatic rings. The number of amides is 1. The Balaban J connectivity index is 1.92. The topological polar surface area (TPSA) is 59.8 Å². The number of methoxy groups -OCH3 is 1. The molecule has 0 N–H and O–H groups in total. The second-order valence-electron chi connectivity index (χ2n) is 6.47. The molecule has 5 nitrogen and oxygen atoms in total. The van der Waals surface area contributed by atoms with E-state index < -0.39 is 6.04 Å². The lowest BCUT2D eigenvalue weighted by Gasteiger charge is -2.25. The van der Waals surface area contributed by atoms with Crippen LogP contribution in [0.1, 0.15) is 34.1 Å². The first kappa shape index (κ1) is 17.9. The first-order chi connectivity index (χ1) is 13.1. The fraction of sp³-hybridized carbons (Fsp3) is 0.238. The van der Waals surface area contributed by atoms with Crippen molar-refractivity contribution in [3.63, 3.8) is 0 Å². The van der Waals surface area contributed by atoms with Gasteiger partial charge in [-0.3, -0.25) is 9.59 Å². The lowest BCUT2D eigenvalue weighted by atomic mass is 9.98. The van der Waals surface area contributed by atoms with Gasteiger partial charge in [0.15, 0.2) is 5.43 Å². The lowest BCUT2D eigenvalue weighted by molar-refractivity contribution is 0.0708. The maximum atomic E-state index is 13.2. The number of halogens is 1. The Hall–Kier alpha value is -2.44. The monoisotopic (exact) mass is 427 g/mol. The first-order valence-corrected chi connectivity index (χ1v) is 9.52. The van der Waals surface area contributed by atoms with Gasteiger partial charge < -0.3 is 14.1 Å². The summed E-state index contributed by atoms with van der Waals surface area (Å²) in [6, 6.07) is 14.2. The van der Waals surface area contributed by atoms with E-state index >= 15 is 0 Å². The third kappa shape index (κ3) is 3.09. The third-order valence-electron chi connectivity index (χ3n) is 4.79. The smallest absolute Gasteiger partial charge is 0.290 e. The van der Waals surface area contributed by atoms with Crippen LogP contribution in [0.3, 0.4) is 0 Å². The summed E-state index contributed by atoms with van der Waals surface area (Å²) < 4.78 is 11.9. The van der Waals surface area contributed by atoms with Gasteiger partial charge in [-0.25, -0.2) is 0 Å². The predicted molar refractivity (Wildman–Crippen MR) is 106 cm³/mol. The van der Waals surface area contributed by atoms with Gasteiger partial charge in [-0.1, -0.05) is 40.2 Å². The predicted octanol–water partition coefficient (Wildman–Crippen LogP) is 4.14. The van der Waals surface area contributed by atoms with Gasteiger partial charge in [0.05, 0.1) is 17.0 Å². The van der Waals surface area contributed by atoms with E-state index in [1.165, 1.54) is 0 Å². The Kier molecular flexibility index (Phi) is 4.85. The van der Waals surface area contributed by atoms with Gasteiger partial charge in [0.2, 0.25) is 5.76 Å². The van der Waals surface area contributed by atoms with Crippen molar-refractivity contribution in [2.75, 3.05) is 20.3 Å². The molecule has 2 heterocycles. The molecule has 0 saturated carbocycles. The minimum atomic E-state index is -0.470. The van der Waals surface area contributed by atoms with Crippen molar-refractivity contribution in [3.05, 3.63) is 80.1 Å². The molecule has 27 heavy (non-hydrogen) atoms. The molecule has 138 valence electrons. The summed E-state index contributed by atoms with van der Waals surface area (Å²) in [5, 5.41) is 0.489. The molecule has 0 bridgehead atoms. The number of hydrogen-bond donors (Lipinski definition) is 0. The Labute approximate surface area is 164 Å². The van der Waals surface area contributed by atoms with Gasteiger partial charge in [0.25, 0.3) is 5.91 Å². The van der Waals surface area contributed by atoms with Crippen molar-refractivity contribution >= 4 is 32.8 Å². The number of rotatable bonds is 5. The van der Waals surface area contributed by atoms with Crippen molar-refractivity contribution in [2.45, 2.75) is 12.5 Å². The molecule has 0 spiro atoms. The van der Waals surface area contributed by atoms with Crippen LogP contribution in [0.4, 0.5) is 0 Å². The van der Waals surface area contributed by atoms with Crippen LogP contribution in [0.2, 0.25) is 0 Å². The number of carbonyl (C=O) groups is 1. The standard InChI is InChI=1S/C21H18BrNO4/c1-26-11-5-10-23-18(13-6-4-7-14(22)12-13)17-19(24)15-8-2-3-9-16(15)27-20(17)21(23)25/h2-4,6-9,12,18H,5,10-11H2,1H3/t18-/m1/s1. The van der Waals surface area contributed by atoms with Crippen molar-refractivity contribution in [1.82, 2.24) is 4.90 Å². The normalized spacial score (nSPS) is 16.1. The van der Waals surface area contributed by atoms with Gasteiger partial charge in [-0.05, 0) is 36.2 Å². The average molecular weight is 428 g/mol. The van der Waals surface area contributed by atoms with Gasteiger partial charge in [0, 0.05) is 24.7 Å².